The first-order valence-electron chi connectivity index (χ1n) is 12.3. The zero-order valence-electron chi connectivity index (χ0n) is 21.4. The van der Waals surface area contributed by atoms with Gasteiger partial charge in [0.05, 0.1) is 46.5 Å². The molecule has 35 heavy (non-hydrogen) atoms. The van der Waals surface area contributed by atoms with E-state index in [1.165, 1.54) is 17.4 Å². The fourth-order valence-corrected chi connectivity index (χ4v) is 5.44. The van der Waals surface area contributed by atoms with Crippen molar-refractivity contribution in [2.75, 3.05) is 0 Å². The second-order valence-corrected chi connectivity index (χ2v) is 12.0. The van der Waals surface area contributed by atoms with Crippen molar-refractivity contribution in [2.24, 2.45) is 17.3 Å². The van der Waals surface area contributed by atoms with E-state index < -0.39 is 53.5 Å². The molecule has 3 rings (SSSR count). The molecule has 0 amide bonds. The summed E-state index contributed by atoms with van der Waals surface area (Å²) < 4.78 is 26.7. The number of fused-ring (bicyclic) bond motifs is 1. The number of aliphatic hydroxyl groups is 2. The number of hydrogen-bond donors (Lipinski definition) is 2. The summed E-state index contributed by atoms with van der Waals surface area (Å²) in [5, 5.41) is 24.1. The van der Waals surface area contributed by atoms with Gasteiger partial charge in [0.1, 0.15) is 11.6 Å². The number of aromatic nitrogens is 1. The Balaban J connectivity index is 1.85. The predicted molar refractivity (Wildman–Crippen MR) is 131 cm³/mol. The maximum absolute atomic E-state index is 15.3. The lowest BCUT2D eigenvalue weighted by Gasteiger charge is -2.34. The van der Waals surface area contributed by atoms with E-state index >= 15 is 4.39 Å². The molecule has 1 unspecified atom stereocenters. The summed E-state index contributed by atoms with van der Waals surface area (Å²) in [6, 6.07) is 0. The number of ketones is 1. The monoisotopic (exact) mass is 511 g/mol. The molecule has 7 atom stereocenters. The van der Waals surface area contributed by atoms with Gasteiger partial charge in [-0.3, -0.25) is 9.59 Å². The van der Waals surface area contributed by atoms with Crippen LogP contribution in [0.5, 0.6) is 0 Å². The number of carbonyl (C=O) groups excluding carboxylic acids is 2. The summed E-state index contributed by atoms with van der Waals surface area (Å²) >= 11 is 1.39. The zero-order valence-corrected chi connectivity index (χ0v) is 22.2. The van der Waals surface area contributed by atoms with E-state index in [0.29, 0.717) is 18.5 Å². The second kappa shape index (κ2) is 10.7. The van der Waals surface area contributed by atoms with Crippen LogP contribution in [0.1, 0.15) is 77.4 Å². The van der Waals surface area contributed by atoms with E-state index in [9.17, 15) is 19.8 Å². The molecule has 0 radical (unpaired) electrons. The van der Waals surface area contributed by atoms with E-state index in [1.807, 2.05) is 20.8 Å². The summed E-state index contributed by atoms with van der Waals surface area (Å²) in [6.07, 6.45) is -0.593. The van der Waals surface area contributed by atoms with Crippen molar-refractivity contribution >= 4 is 29.2 Å². The largest absolute Gasteiger partial charge is 0.455 e. The molecule has 0 saturated carbocycles. The molecular weight excluding hydrogens is 473 g/mol. The lowest BCUT2D eigenvalue weighted by Crippen LogP contribution is -2.45. The van der Waals surface area contributed by atoms with E-state index in [0.717, 1.165) is 11.4 Å². The van der Waals surface area contributed by atoms with Gasteiger partial charge in [-0.1, -0.05) is 34.1 Å². The third-order valence-corrected chi connectivity index (χ3v) is 8.43. The number of nitrogens with zero attached hydrogens (tertiary/aromatic N) is 1. The molecule has 0 aromatic carbocycles. The highest BCUT2D eigenvalue weighted by Gasteiger charge is 2.53. The van der Waals surface area contributed by atoms with Crippen LogP contribution in [0.25, 0.3) is 6.08 Å². The third kappa shape index (κ3) is 6.56. The minimum absolute atomic E-state index is 0.129. The molecular formula is C26H38FNO6S. The number of rotatable bonds is 2. The molecule has 2 aliphatic rings. The van der Waals surface area contributed by atoms with E-state index in [-0.39, 0.29) is 24.2 Å². The number of cyclic esters (lactones) is 1. The highest BCUT2D eigenvalue weighted by molar-refractivity contribution is 7.09. The number of thiazole rings is 1. The number of halogens is 1. The van der Waals surface area contributed by atoms with Gasteiger partial charge in [-0.25, -0.2) is 9.37 Å². The van der Waals surface area contributed by atoms with Crippen molar-refractivity contribution in [3.8, 4) is 0 Å². The lowest BCUT2D eigenvalue weighted by molar-refractivity contribution is -0.155. The molecule has 2 aliphatic heterocycles. The van der Waals surface area contributed by atoms with Gasteiger partial charge >= 0.3 is 5.97 Å². The molecule has 7 nitrogen and oxygen atoms in total. The molecule has 1 aromatic heterocycles. The quantitative estimate of drug-likeness (QED) is 0.448. The standard InChI is InChI=1S/C26H38FNO6S/c1-14-8-7-9-26(6)21(34-26)11-19(18(27)10-17-13-35-16(3)28-17)33-22(30)12-20(29)25(4,5)24(32)15(2)23(14)31/h10,13-15,19-21,23,29,31H,7-9,11-12H2,1-6H3/t14-,15+,19-,20-,21?,23-,26+/m0/s1. The molecule has 0 aliphatic carbocycles. The first-order valence-corrected chi connectivity index (χ1v) is 13.2. The van der Waals surface area contributed by atoms with E-state index in [4.69, 9.17) is 9.47 Å². The summed E-state index contributed by atoms with van der Waals surface area (Å²) in [5.74, 6) is -2.62. The fraction of sp³-hybridized carbons (Fsp3) is 0.731. The summed E-state index contributed by atoms with van der Waals surface area (Å²) in [7, 11) is 0. The lowest BCUT2D eigenvalue weighted by atomic mass is 9.73. The second-order valence-electron chi connectivity index (χ2n) is 10.9. The molecule has 0 spiro atoms. The predicted octanol–water partition coefficient (Wildman–Crippen LogP) is 4.38. The van der Waals surface area contributed by atoms with Gasteiger partial charge in [0.15, 0.2) is 6.10 Å². The van der Waals surface area contributed by atoms with Crippen molar-refractivity contribution < 1.29 is 33.7 Å². The van der Waals surface area contributed by atoms with Crippen LogP contribution < -0.4 is 0 Å². The number of epoxide rings is 1. The first-order chi connectivity index (χ1) is 16.2. The van der Waals surface area contributed by atoms with Crippen LogP contribution in [-0.4, -0.2) is 57.0 Å². The molecule has 9 heteroatoms. The molecule has 2 N–H and O–H groups in total. The third-order valence-electron chi connectivity index (χ3n) is 7.64. The van der Waals surface area contributed by atoms with E-state index in [2.05, 4.69) is 4.98 Å². The van der Waals surface area contributed by atoms with Crippen molar-refractivity contribution in [1.82, 2.24) is 4.98 Å². The Bertz CT molecular complexity index is 961. The van der Waals surface area contributed by atoms with Gasteiger partial charge in [-0.05, 0) is 38.7 Å². The number of esters is 1. The smallest absolute Gasteiger partial charge is 0.309 e. The fourth-order valence-electron chi connectivity index (χ4n) is 4.86. The Kier molecular flexibility index (Phi) is 8.57. The summed E-state index contributed by atoms with van der Waals surface area (Å²) in [6.45, 7) is 10.4. The molecule has 2 fully saturated rings. The van der Waals surface area contributed by atoms with Crippen molar-refractivity contribution in [2.45, 2.75) is 104 Å². The molecule has 2 saturated heterocycles. The van der Waals surface area contributed by atoms with Crippen molar-refractivity contribution in [3.63, 3.8) is 0 Å². The van der Waals surface area contributed by atoms with Crippen LogP contribution in [-0.2, 0) is 19.1 Å². The van der Waals surface area contributed by atoms with Crippen LogP contribution in [0.3, 0.4) is 0 Å². The van der Waals surface area contributed by atoms with Crippen LogP contribution >= 0.6 is 11.3 Å². The number of Topliss-reactive ketones (excluding diaryl/α,β-unsaturated/α-hetero) is 1. The number of aryl methyl sites for hydroxylation is 1. The summed E-state index contributed by atoms with van der Waals surface area (Å²) in [4.78, 5) is 30.2. The van der Waals surface area contributed by atoms with Crippen LogP contribution in [0.15, 0.2) is 11.2 Å². The SMILES string of the molecule is Cc1nc(C=C(F)[C@@H]2CC3O[C@]3(C)CCC[C@H](C)[C@H](O)[C@@H](C)C(=O)C(C)(C)[C@@H](O)CC(=O)O2)cs1. The Hall–Kier alpha value is -1.68. The number of aliphatic hydroxyl groups excluding tert-OH is 2. The normalized spacial score (nSPS) is 37.5. The van der Waals surface area contributed by atoms with Crippen LogP contribution in [0, 0.1) is 24.2 Å². The van der Waals surface area contributed by atoms with Crippen molar-refractivity contribution in [1.29, 1.82) is 0 Å². The summed E-state index contributed by atoms with van der Waals surface area (Å²) in [5.41, 5.74) is -1.32. The number of hydrogen-bond acceptors (Lipinski definition) is 8. The minimum atomic E-state index is -1.35. The Morgan fingerprint density at radius 2 is 1.94 bits per heavy atom. The van der Waals surface area contributed by atoms with Crippen molar-refractivity contribution in [3.05, 3.63) is 21.9 Å². The minimum Gasteiger partial charge on any atom is -0.455 e. The molecule has 1 aromatic rings. The topological polar surface area (TPSA) is 109 Å². The average molecular weight is 512 g/mol. The van der Waals surface area contributed by atoms with E-state index in [1.54, 1.807) is 26.2 Å². The Labute approximate surface area is 210 Å². The highest BCUT2D eigenvalue weighted by Crippen LogP contribution is 2.45. The van der Waals surface area contributed by atoms with Gasteiger partial charge in [0.2, 0.25) is 0 Å². The number of carbonyl (C=O) groups is 2. The Morgan fingerprint density at radius 1 is 1.26 bits per heavy atom. The van der Waals surface area contributed by atoms with Crippen LogP contribution in [0.2, 0.25) is 0 Å². The first kappa shape index (κ1) is 27.9. The maximum Gasteiger partial charge on any atom is 0.309 e. The molecule has 196 valence electrons. The van der Waals surface area contributed by atoms with Gasteiger partial charge in [0, 0.05) is 17.7 Å². The average Bonchev–Trinajstić information content (AvgIpc) is 3.22. The van der Waals surface area contributed by atoms with Gasteiger partial charge in [-0.15, -0.1) is 11.3 Å². The molecule has 3 heterocycles. The van der Waals surface area contributed by atoms with Crippen LogP contribution in [0.4, 0.5) is 4.39 Å². The van der Waals surface area contributed by atoms with Gasteiger partial charge in [-0.2, -0.15) is 0 Å². The zero-order chi connectivity index (χ0) is 26.1. The molecule has 0 bridgehead atoms. The highest BCUT2D eigenvalue weighted by atomic mass is 32.1. The Morgan fingerprint density at radius 3 is 2.57 bits per heavy atom. The maximum atomic E-state index is 15.3. The van der Waals surface area contributed by atoms with Gasteiger partial charge < -0.3 is 19.7 Å². The van der Waals surface area contributed by atoms with Gasteiger partial charge in [0.25, 0.3) is 0 Å². The number of ether oxygens (including phenoxy) is 2.